The number of benzene rings is 4. The number of aromatic nitrogens is 2. The number of fused-ring (bicyclic) bond motifs is 1. The van der Waals surface area contributed by atoms with E-state index in [-0.39, 0.29) is 34.0 Å². The topological polar surface area (TPSA) is 117 Å². The molecule has 4 aliphatic rings. The van der Waals surface area contributed by atoms with Gasteiger partial charge in [0.2, 0.25) is 0 Å². The number of H-pyrrole nitrogens is 1. The summed E-state index contributed by atoms with van der Waals surface area (Å²) >= 11 is 0. The molecule has 2 heterocycles. The van der Waals surface area contributed by atoms with E-state index in [9.17, 15) is 24.0 Å². The van der Waals surface area contributed by atoms with Gasteiger partial charge in [-0.1, -0.05) is 69.7 Å². The van der Waals surface area contributed by atoms with E-state index in [0.29, 0.717) is 33.3 Å². The Morgan fingerprint density at radius 1 is 0.741 bits per heavy atom. The number of ketones is 2. The van der Waals surface area contributed by atoms with Gasteiger partial charge in [0, 0.05) is 33.0 Å². The first-order valence-corrected chi connectivity index (χ1v) is 19.7. The van der Waals surface area contributed by atoms with E-state index in [1.54, 1.807) is 30.3 Å². The molecule has 0 atom stereocenters. The molecule has 1 aromatic heterocycles. The van der Waals surface area contributed by atoms with Crippen LogP contribution in [0.2, 0.25) is 0 Å². The molecular formula is C46H43N3O5. The summed E-state index contributed by atoms with van der Waals surface area (Å²) in [6.45, 7) is 4.11. The van der Waals surface area contributed by atoms with Crippen molar-refractivity contribution in [2.24, 2.45) is 0 Å². The van der Waals surface area contributed by atoms with E-state index >= 15 is 0 Å². The van der Waals surface area contributed by atoms with E-state index in [4.69, 9.17) is 0 Å². The van der Waals surface area contributed by atoms with Crippen LogP contribution >= 0.6 is 0 Å². The molecule has 2 amide bonds. The zero-order valence-corrected chi connectivity index (χ0v) is 30.8. The molecule has 54 heavy (non-hydrogen) atoms. The van der Waals surface area contributed by atoms with Crippen molar-refractivity contribution in [1.29, 1.82) is 0 Å². The van der Waals surface area contributed by atoms with Gasteiger partial charge in [-0.05, 0) is 116 Å². The summed E-state index contributed by atoms with van der Waals surface area (Å²) in [5.41, 5.74) is 5.93. The number of unbranched alkanes of at least 4 members (excludes halogenated alkanes) is 1. The Kier molecular flexibility index (Phi) is 8.52. The van der Waals surface area contributed by atoms with E-state index in [2.05, 4.69) is 35.1 Å². The van der Waals surface area contributed by atoms with E-state index in [1.165, 1.54) is 29.7 Å². The van der Waals surface area contributed by atoms with Crippen molar-refractivity contribution in [3.8, 4) is 0 Å². The molecule has 4 aromatic carbocycles. The van der Waals surface area contributed by atoms with Gasteiger partial charge in [0.1, 0.15) is 11.7 Å². The summed E-state index contributed by atoms with van der Waals surface area (Å²) in [5.74, 6) is -2.60. The Bertz CT molecular complexity index is 2460. The van der Waals surface area contributed by atoms with E-state index in [0.717, 1.165) is 68.1 Å². The maximum atomic E-state index is 14.5. The number of carbonyl (C=O) groups is 4. The number of carbonyl (C=O) groups excluding carboxylic acids is 4. The first kappa shape index (κ1) is 34.3. The van der Waals surface area contributed by atoms with Crippen LogP contribution in [0.5, 0.6) is 0 Å². The molecule has 0 saturated heterocycles. The van der Waals surface area contributed by atoms with E-state index in [1.807, 2.05) is 25.1 Å². The molecule has 2 saturated carbocycles. The van der Waals surface area contributed by atoms with Crippen LogP contribution in [-0.4, -0.2) is 33.3 Å². The van der Waals surface area contributed by atoms with Crippen molar-refractivity contribution in [3.05, 3.63) is 122 Å². The maximum absolute atomic E-state index is 14.5. The summed E-state index contributed by atoms with van der Waals surface area (Å²) < 4.78 is 0. The average Bonchev–Trinajstić information content (AvgIpc) is 3.74. The molecule has 9 rings (SSSR count). The SMILES string of the molecule is CCC/C=C(/C)c1ccc2c(=O)[nH]c(C3C(=O)c4ccc5c6c(ccc(c46)C3=O)C(=O)N(c3ccc(C4CCCCC4)cc3C3CCCC3)C5=O)nc2c1. The van der Waals surface area contributed by atoms with Gasteiger partial charge >= 0.3 is 0 Å². The van der Waals surface area contributed by atoms with Gasteiger partial charge in [-0.25, -0.2) is 9.88 Å². The number of hydrogen-bond acceptors (Lipinski definition) is 6. The summed E-state index contributed by atoms with van der Waals surface area (Å²) in [6.07, 6.45) is 14.4. The highest BCUT2D eigenvalue weighted by Crippen LogP contribution is 2.46. The lowest BCUT2D eigenvalue weighted by Crippen LogP contribution is -2.42. The van der Waals surface area contributed by atoms with Crippen LogP contribution in [0.25, 0.3) is 27.2 Å². The average molecular weight is 718 g/mol. The van der Waals surface area contributed by atoms with Gasteiger partial charge in [0.15, 0.2) is 11.6 Å². The van der Waals surface area contributed by atoms with Crippen molar-refractivity contribution < 1.29 is 19.2 Å². The van der Waals surface area contributed by atoms with Crippen LogP contribution in [0, 0.1) is 0 Å². The minimum atomic E-state index is -1.38. The number of anilines is 1. The standard InChI is InChI=1S/C46H43N3O5/c1-3-4-10-25(2)28-15-17-30-36(24-28)47-43(48-44(30)52)40-41(50)31-18-20-33-39-34(21-19-32(38(31)39)42(40)51)46(54)49(45(33)53)37-22-16-29(26-11-6-5-7-12-26)23-35(37)27-13-8-9-14-27/h10,15-24,26-27,40H,3-9,11-14H2,1-2H3,(H,47,48,52)/b25-10-. The summed E-state index contributed by atoms with van der Waals surface area (Å²) in [7, 11) is 0. The van der Waals surface area contributed by atoms with Crippen LogP contribution in [-0.2, 0) is 0 Å². The largest absolute Gasteiger partial charge is 0.309 e. The predicted molar refractivity (Wildman–Crippen MR) is 211 cm³/mol. The second-order valence-corrected chi connectivity index (χ2v) is 15.7. The number of amides is 2. The molecular weight excluding hydrogens is 675 g/mol. The van der Waals surface area contributed by atoms with E-state index < -0.39 is 34.9 Å². The Morgan fingerprint density at radius 3 is 2.02 bits per heavy atom. The van der Waals surface area contributed by atoms with Gasteiger partial charge in [-0.2, -0.15) is 0 Å². The lowest BCUT2D eigenvalue weighted by Gasteiger charge is -2.33. The lowest BCUT2D eigenvalue weighted by atomic mass is 9.76. The molecule has 0 radical (unpaired) electrons. The fourth-order valence-electron chi connectivity index (χ4n) is 9.54. The molecule has 2 fully saturated rings. The highest BCUT2D eigenvalue weighted by atomic mass is 16.2. The Morgan fingerprint density at radius 2 is 1.35 bits per heavy atom. The minimum Gasteiger partial charge on any atom is -0.309 e. The Labute approximate surface area is 313 Å². The maximum Gasteiger partial charge on any atom is 0.265 e. The van der Waals surface area contributed by atoms with Gasteiger partial charge in [-0.3, -0.25) is 24.0 Å². The van der Waals surface area contributed by atoms with Crippen LogP contribution in [0.1, 0.15) is 166 Å². The van der Waals surface area contributed by atoms with Gasteiger partial charge < -0.3 is 4.98 Å². The second kappa shape index (κ2) is 13.4. The van der Waals surface area contributed by atoms with Crippen LogP contribution in [0.15, 0.2) is 71.5 Å². The van der Waals surface area contributed by atoms with Crippen molar-refractivity contribution in [2.45, 2.75) is 102 Å². The number of hydrogen-bond donors (Lipinski definition) is 1. The molecule has 0 bridgehead atoms. The smallest absolute Gasteiger partial charge is 0.265 e. The zero-order valence-electron chi connectivity index (χ0n) is 30.8. The Balaban J connectivity index is 1.12. The Hall–Kier alpha value is -5.50. The van der Waals surface area contributed by atoms with Crippen LogP contribution < -0.4 is 10.5 Å². The number of Topliss-reactive ketones (excluding diaryl/α,β-unsaturated/α-hetero) is 2. The number of nitrogens with zero attached hydrogens (tertiary/aromatic N) is 2. The molecule has 272 valence electrons. The first-order chi connectivity index (χ1) is 26.2. The number of allylic oxidation sites excluding steroid dienone is 2. The molecule has 8 nitrogen and oxygen atoms in total. The van der Waals surface area contributed by atoms with Crippen molar-refractivity contribution in [2.75, 3.05) is 4.90 Å². The zero-order chi connectivity index (χ0) is 37.2. The molecule has 8 heteroatoms. The monoisotopic (exact) mass is 717 g/mol. The summed E-state index contributed by atoms with van der Waals surface area (Å²) in [5, 5.41) is 1.00. The third-order valence-corrected chi connectivity index (χ3v) is 12.4. The van der Waals surface area contributed by atoms with Crippen LogP contribution in [0.3, 0.4) is 0 Å². The minimum absolute atomic E-state index is 0.0247. The lowest BCUT2D eigenvalue weighted by molar-refractivity contribution is 0.0842. The number of aromatic amines is 1. The number of imide groups is 1. The highest BCUT2D eigenvalue weighted by Gasteiger charge is 2.43. The highest BCUT2D eigenvalue weighted by molar-refractivity contribution is 6.40. The van der Waals surface area contributed by atoms with Crippen molar-refractivity contribution in [3.63, 3.8) is 0 Å². The molecule has 1 N–H and O–H groups in total. The quantitative estimate of drug-likeness (QED) is 0.132. The van der Waals surface area contributed by atoms with Crippen LogP contribution in [0.4, 0.5) is 5.69 Å². The summed E-state index contributed by atoms with van der Waals surface area (Å²) in [4.78, 5) is 79.7. The molecule has 1 aliphatic heterocycles. The third kappa shape index (κ3) is 5.40. The van der Waals surface area contributed by atoms with Crippen molar-refractivity contribution >= 4 is 56.3 Å². The van der Waals surface area contributed by atoms with Gasteiger partial charge in [0.25, 0.3) is 17.4 Å². The molecule has 0 spiro atoms. The van der Waals surface area contributed by atoms with Gasteiger partial charge in [-0.15, -0.1) is 0 Å². The van der Waals surface area contributed by atoms with Gasteiger partial charge in [0.05, 0.1) is 16.6 Å². The number of rotatable bonds is 7. The molecule has 0 unspecified atom stereocenters. The molecule has 3 aliphatic carbocycles. The first-order valence-electron chi connectivity index (χ1n) is 19.7. The fourth-order valence-corrected chi connectivity index (χ4v) is 9.54. The molecule has 5 aromatic rings. The van der Waals surface area contributed by atoms with Crippen molar-refractivity contribution in [1.82, 2.24) is 9.97 Å². The predicted octanol–water partition coefficient (Wildman–Crippen LogP) is 9.95. The second-order valence-electron chi connectivity index (χ2n) is 15.7. The number of nitrogens with one attached hydrogen (secondary N) is 1. The normalized spacial score (nSPS) is 18.5. The summed E-state index contributed by atoms with van der Waals surface area (Å²) in [6, 6.07) is 18.1. The third-order valence-electron chi connectivity index (χ3n) is 12.4. The fraction of sp³-hybridized carbons (Fsp3) is 0.348.